The van der Waals surface area contributed by atoms with Crippen LogP contribution < -0.4 is 0 Å². The van der Waals surface area contributed by atoms with Gasteiger partial charge in [0.15, 0.2) is 0 Å². The molecule has 0 saturated carbocycles. The molecule has 0 aromatic rings. The van der Waals surface area contributed by atoms with Gasteiger partial charge < -0.3 is 12.6 Å². The van der Waals surface area contributed by atoms with Gasteiger partial charge in [0.05, 0.1) is 0 Å². The van der Waals surface area contributed by atoms with Crippen molar-refractivity contribution >= 4 is 12.6 Å². The summed E-state index contributed by atoms with van der Waals surface area (Å²) in [6, 6.07) is 0. The predicted molar refractivity (Wildman–Crippen MR) is 22.5 cm³/mol. The minimum Gasteiger partial charge on any atom is -0.790 e. The van der Waals surface area contributed by atoms with E-state index in [1.54, 1.807) is 0 Å². The zero-order chi connectivity index (χ0) is 3.58. The molecule has 36 valence electrons. The summed E-state index contributed by atoms with van der Waals surface area (Å²) in [5.74, 6) is 0. The van der Waals surface area contributed by atoms with Crippen molar-refractivity contribution in [3.63, 3.8) is 0 Å². The van der Waals surface area contributed by atoms with Crippen molar-refractivity contribution in [1.29, 1.82) is 0 Å². The van der Waals surface area contributed by atoms with Crippen molar-refractivity contribution in [2.24, 2.45) is 0 Å². The molecule has 0 aliphatic rings. The Morgan fingerprint density at radius 2 is 1.40 bits per heavy atom. The van der Waals surface area contributed by atoms with Crippen molar-refractivity contribution in [3.05, 3.63) is 0 Å². The Hall–Kier alpha value is 1.09. The molecule has 0 aliphatic heterocycles. The monoisotopic (exact) mass is 182 g/mol. The molecule has 0 aliphatic carbocycles. The molecule has 0 aromatic heterocycles. The van der Waals surface area contributed by atoms with Gasteiger partial charge in [-0.05, 0) is 0 Å². The molecule has 5 heavy (non-hydrogen) atoms. The largest absolute Gasteiger partial charge is 1.00 e. The summed E-state index contributed by atoms with van der Waals surface area (Å²) in [6.07, 6.45) is 0. The van der Waals surface area contributed by atoms with Gasteiger partial charge in [0.1, 0.15) is 0 Å². The van der Waals surface area contributed by atoms with Gasteiger partial charge in [-0.2, -0.15) is 5.25 Å². The summed E-state index contributed by atoms with van der Waals surface area (Å²) in [4.78, 5) is 0. The average molecular weight is 183 g/mol. The second-order valence-electron chi connectivity index (χ2n) is 1.05. The molecular weight excluding hydrogens is 176 g/mol. The van der Waals surface area contributed by atoms with E-state index in [1.807, 2.05) is 13.8 Å². The molecule has 0 atom stereocenters. The molecule has 2 heteroatoms. The van der Waals surface area contributed by atoms with Gasteiger partial charge >= 0.3 is 22.4 Å². The van der Waals surface area contributed by atoms with Gasteiger partial charge in [-0.1, -0.05) is 13.8 Å². The fourth-order valence-electron chi connectivity index (χ4n) is 0. The van der Waals surface area contributed by atoms with Crippen molar-refractivity contribution in [3.8, 4) is 0 Å². The van der Waals surface area contributed by atoms with E-state index in [0.29, 0.717) is 5.25 Å². The van der Waals surface area contributed by atoms with Crippen LogP contribution in [0.1, 0.15) is 13.8 Å². The van der Waals surface area contributed by atoms with E-state index < -0.39 is 0 Å². The van der Waals surface area contributed by atoms with Crippen molar-refractivity contribution in [1.82, 2.24) is 0 Å². The van der Waals surface area contributed by atoms with Gasteiger partial charge in [0.2, 0.25) is 0 Å². The molecule has 0 heterocycles. The van der Waals surface area contributed by atoms with E-state index in [9.17, 15) is 0 Å². The Morgan fingerprint density at radius 1 is 1.40 bits per heavy atom. The molecule has 0 aromatic carbocycles. The van der Waals surface area contributed by atoms with Crippen LogP contribution in [0.5, 0.6) is 0 Å². The Balaban J connectivity index is 0. The first kappa shape index (κ1) is 9.43. The van der Waals surface area contributed by atoms with Gasteiger partial charge in [-0.3, -0.25) is 0 Å². The van der Waals surface area contributed by atoms with Crippen LogP contribution in [0, 0.1) is 0 Å². The molecule has 0 radical (unpaired) electrons. The van der Waals surface area contributed by atoms with Crippen molar-refractivity contribution in [2.45, 2.75) is 19.1 Å². The fourth-order valence-corrected chi connectivity index (χ4v) is 0. The topological polar surface area (TPSA) is 0 Å². The number of rotatable bonds is 0. The second-order valence-corrected chi connectivity index (χ2v) is 1.99. The van der Waals surface area contributed by atoms with Crippen LogP contribution in [0.4, 0.5) is 0 Å². The molecule has 0 N–H and O–H groups in total. The molecule has 0 saturated heterocycles. The minimum atomic E-state index is 0. The van der Waals surface area contributed by atoms with Crippen molar-refractivity contribution < 1.29 is 22.4 Å². The Morgan fingerprint density at radius 3 is 1.40 bits per heavy atom. The zero-order valence-corrected chi connectivity index (χ0v) is 5.59. The van der Waals surface area contributed by atoms with Crippen LogP contribution >= 0.6 is 0 Å². The fraction of sp³-hybridized carbons (Fsp3) is 1.00. The van der Waals surface area contributed by atoms with Gasteiger partial charge in [-0.15, -0.1) is 0 Å². The SMILES string of the molecule is CC(C)[S-].[Ag+]. The predicted octanol–water partition coefficient (Wildman–Crippen LogP) is 0.939. The molecule has 0 nitrogen and oxygen atoms in total. The second kappa shape index (κ2) is 5.09. The molecular formula is C3H7AgS. The quantitative estimate of drug-likeness (QED) is 0.397. The van der Waals surface area contributed by atoms with Crippen LogP contribution in [0.15, 0.2) is 0 Å². The van der Waals surface area contributed by atoms with Crippen LogP contribution in [0.2, 0.25) is 0 Å². The zero-order valence-electron chi connectivity index (χ0n) is 3.29. The smallest absolute Gasteiger partial charge is 0.790 e. The molecule has 0 amide bonds. The first-order chi connectivity index (χ1) is 1.73. The first-order valence-electron chi connectivity index (χ1n) is 1.39. The third kappa shape index (κ3) is 40.9. The Kier molecular flexibility index (Phi) is 9.60. The molecule has 0 bridgehead atoms. The maximum Gasteiger partial charge on any atom is 1.00 e. The van der Waals surface area contributed by atoms with Crippen LogP contribution in [-0.2, 0) is 35.0 Å². The van der Waals surface area contributed by atoms with Crippen LogP contribution in [-0.4, -0.2) is 5.25 Å². The average Bonchev–Trinajstić information content (AvgIpc) is 0.811. The van der Waals surface area contributed by atoms with E-state index in [2.05, 4.69) is 12.6 Å². The van der Waals surface area contributed by atoms with E-state index >= 15 is 0 Å². The van der Waals surface area contributed by atoms with Crippen LogP contribution in [0.3, 0.4) is 0 Å². The number of hydrogen-bond acceptors (Lipinski definition) is 1. The maximum atomic E-state index is 4.62. The standard InChI is InChI=1S/C3H8S.Ag/c1-3(2)4;/h3-4H,1-2H3;/q;+1/p-1. The minimum absolute atomic E-state index is 0. The first-order valence-corrected chi connectivity index (χ1v) is 1.86. The molecule has 0 fully saturated rings. The third-order valence-corrected chi connectivity index (χ3v) is 0. The van der Waals surface area contributed by atoms with E-state index in [4.69, 9.17) is 0 Å². The summed E-state index contributed by atoms with van der Waals surface area (Å²) in [6.45, 7) is 3.96. The summed E-state index contributed by atoms with van der Waals surface area (Å²) >= 11 is 4.62. The Labute approximate surface area is 54.3 Å². The summed E-state index contributed by atoms with van der Waals surface area (Å²) in [5.41, 5.74) is 0. The van der Waals surface area contributed by atoms with Gasteiger partial charge in [0, 0.05) is 0 Å². The van der Waals surface area contributed by atoms with E-state index in [1.165, 1.54) is 0 Å². The summed E-state index contributed by atoms with van der Waals surface area (Å²) < 4.78 is 0. The van der Waals surface area contributed by atoms with E-state index in [0.717, 1.165) is 0 Å². The molecule has 0 rings (SSSR count). The normalized spacial score (nSPS) is 7.20. The third-order valence-electron chi connectivity index (χ3n) is 0. The van der Waals surface area contributed by atoms with Crippen molar-refractivity contribution in [2.75, 3.05) is 0 Å². The maximum absolute atomic E-state index is 4.62. The van der Waals surface area contributed by atoms with Gasteiger partial charge in [-0.25, -0.2) is 0 Å². The molecule has 0 unspecified atom stereocenters. The van der Waals surface area contributed by atoms with Gasteiger partial charge in [0.25, 0.3) is 0 Å². The summed E-state index contributed by atoms with van der Waals surface area (Å²) in [5, 5.41) is 0.417. The Bertz CT molecular complexity index is 11.6. The molecule has 0 spiro atoms. The van der Waals surface area contributed by atoms with Crippen LogP contribution in [0.25, 0.3) is 0 Å². The number of hydrogen-bond donors (Lipinski definition) is 0. The van der Waals surface area contributed by atoms with E-state index in [-0.39, 0.29) is 22.4 Å². The summed E-state index contributed by atoms with van der Waals surface area (Å²) in [7, 11) is 0.